The third kappa shape index (κ3) is 4.32. The standard InChI is InChI=1S/C22H27N7OS/c1-7-29-19(10-18(27-29)22(3,4)5)26-21-25-16(12-31-21)15-8-9-17(20(24-15)30-6)28-11-14(2)23-13-28/h8-13H,7H2,1-6H3,(H,25,26). The first kappa shape index (κ1) is 21.0. The average Bonchev–Trinajstić information content (AvgIpc) is 3.47. The Balaban J connectivity index is 1.60. The molecule has 0 saturated heterocycles. The van der Waals surface area contributed by atoms with Crippen LogP contribution in [0, 0.1) is 6.92 Å². The third-order valence-corrected chi connectivity index (χ3v) is 5.63. The van der Waals surface area contributed by atoms with E-state index in [2.05, 4.69) is 49.0 Å². The van der Waals surface area contributed by atoms with Gasteiger partial charge >= 0.3 is 0 Å². The maximum atomic E-state index is 5.53. The molecule has 31 heavy (non-hydrogen) atoms. The van der Waals surface area contributed by atoms with Crippen LogP contribution in [0.4, 0.5) is 10.9 Å². The molecule has 0 spiro atoms. The predicted molar refractivity (Wildman–Crippen MR) is 124 cm³/mol. The number of rotatable bonds is 6. The first-order chi connectivity index (χ1) is 14.8. The Kier molecular flexibility index (Phi) is 5.53. The average molecular weight is 438 g/mol. The number of nitrogens with one attached hydrogen (secondary N) is 1. The minimum absolute atomic E-state index is 0.0130. The number of aromatic nitrogens is 6. The lowest BCUT2D eigenvalue weighted by Gasteiger charge is -2.13. The van der Waals surface area contributed by atoms with Crippen molar-refractivity contribution >= 4 is 22.3 Å². The van der Waals surface area contributed by atoms with Gasteiger partial charge in [-0.1, -0.05) is 20.8 Å². The van der Waals surface area contributed by atoms with Gasteiger partial charge in [-0.3, -0.25) is 0 Å². The van der Waals surface area contributed by atoms with Crippen molar-refractivity contribution in [3.8, 4) is 23.0 Å². The van der Waals surface area contributed by atoms with Crippen LogP contribution in [0.2, 0.25) is 0 Å². The van der Waals surface area contributed by atoms with Gasteiger partial charge < -0.3 is 14.6 Å². The summed E-state index contributed by atoms with van der Waals surface area (Å²) >= 11 is 1.53. The number of hydrogen-bond acceptors (Lipinski definition) is 7. The second-order valence-electron chi connectivity index (χ2n) is 8.29. The summed E-state index contributed by atoms with van der Waals surface area (Å²) in [7, 11) is 1.62. The molecule has 0 bridgehead atoms. The highest BCUT2D eigenvalue weighted by Crippen LogP contribution is 2.31. The maximum absolute atomic E-state index is 5.53. The first-order valence-electron chi connectivity index (χ1n) is 10.2. The Morgan fingerprint density at radius 3 is 2.61 bits per heavy atom. The van der Waals surface area contributed by atoms with Crippen LogP contribution < -0.4 is 10.1 Å². The number of aryl methyl sites for hydroxylation is 2. The Morgan fingerprint density at radius 2 is 1.97 bits per heavy atom. The van der Waals surface area contributed by atoms with Gasteiger partial charge in [-0.2, -0.15) is 5.10 Å². The largest absolute Gasteiger partial charge is 0.479 e. The maximum Gasteiger partial charge on any atom is 0.238 e. The Labute approximate surface area is 186 Å². The van der Waals surface area contributed by atoms with Crippen LogP contribution in [-0.4, -0.2) is 36.4 Å². The summed E-state index contributed by atoms with van der Waals surface area (Å²) in [6.07, 6.45) is 3.69. The van der Waals surface area contributed by atoms with E-state index in [1.165, 1.54) is 11.3 Å². The lowest BCUT2D eigenvalue weighted by molar-refractivity contribution is 0.396. The molecule has 0 atom stereocenters. The molecule has 0 aliphatic rings. The number of ether oxygens (including phenoxy) is 1. The molecular weight excluding hydrogens is 410 g/mol. The van der Waals surface area contributed by atoms with E-state index in [0.717, 1.165) is 46.0 Å². The summed E-state index contributed by atoms with van der Waals surface area (Å²) in [4.78, 5) is 13.7. The van der Waals surface area contributed by atoms with Crippen molar-refractivity contribution in [2.45, 2.75) is 46.6 Å². The molecule has 4 rings (SSSR count). The number of hydrogen-bond donors (Lipinski definition) is 1. The van der Waals surface area contributed by atoms with Crippen molar-refractivity contribution in [3.63, 3.8) is 0 Å². The zero-order valence-electron chi connectivity index (χ0n) is 18.7. The van der Waals surface area contributed by atoms with Gasteiger partial charge in [-0.05, 0) is 26.0 Å². The molecule has 4 aromatic rings. The van der Waals surface area contributed by atoms with E-state index in [1.807, 2.05) is 39.9 Å². The van der Waals surface area contributed by atoms with E-state index in [-0.39, 0.29) is 5.41 Å². The Hall–Kier alpha value is -3.20. The predicted octanol–water partition coefficient (Wildman–Crippen LogP) is 4.97. The molecule has 0 amide bonds. The van der Waals surface area contributed by atoms with Crippen LogP contribution in [0.15, 0.2) is 36.1 Å². The SMILES string of the molecule is CCn1nc(C(C)(C)C)cc1Nc1nc(-c2ccc(-n3cnc(C)c3)c(OC)n2)cs1. The van der Waals surface area contributed by atoms with E-state index >= 15 is 0 Å². The molecule has 0 aliphatic heterocycles. The van der Waals surface area contributed by atoms with Crippen LogP contribution in [0.5, 0.6) is 5.88 Å². The smallest absolute Gasteiger partial charge is 0.238 e. The van der Waals surface area contributed by atoms with Gasteiger partial charge in [0.2, 0.25) is 5.88 Å². The fourth-order valence-corrected chi connectivity index (χ4v) is 3.87. The van der Waals surface area contributed by atoms with E-state index in [9.17, 15) is 0 Å². The van der Waals surface area contributed by atoms with Crippen LogP contribution >= 0.6 is 11.3 Å². The van der Waals surface area contributed by atoms with Gasteiger partial charge in [-0.25, -0.2) is 19.6 Å². The number of methoxy groups -OCH3 is 1. The number of pyridine rings is 1. The molecule has 4 aromatic heterocycles. The highest BCUT2D eigenvalue weighted by molar-refractivity contribution is 7.14. The fraction of sp³-hybridized carbons (Fsp3) is 0.364. The summed E-state index contributed by atoms with van der Waals surface area (Å²) in [6, 6.07) is 6.00. The number of imidazole rings is 1. The summed E-state index contributed by atoms with van der Waals surface area (Å²) in [6.45, 7) is 11.3. The molecule has 162 valence electrons. The quantitative estimate of drug-likeness (QED) is 0.459. The molecule has 1 N–H and O–H groups in total. The molecule has 4 heterocycles. The summed E-state index contributed by atoms with van der Waals surface area (Å²) in [5, 5.41) is 10.9. The van der Waals surface area contributed by atoms with Crippen molar-refractivity contribution < 1.29 is 4.74 Å². The summed E-state index contributed by atoms with van der Waals surface area (Å²) in [5.41, 5.74) is 4.34. The first-order valence-corrected chi connectivity index (χ1v) is 11.0. The highest BCUT2D eigenvalue weighted by atomic mass is 32.1. The van der Waals surface area contributed by atoms with E-state index in [1.54, 1.807) is 13.4 Å². The molecule has 0 fully saturated rings. The van der Waals surface area contributed by atoms with Gasteiger partial charge in [0.05, 0.1) is 30.5 Å². The zero-order chi connectivity index (χ0) is 22.2. The Bertz CT molecular complexity index is 1200. The van der Waals surface area contributed by atoms with Crippen LogP contribution in [0.1, 0.15) is 39.1 Å². The third-order valence-electron chi connectivity index (χ3n) is 4.87. The van der Waals surface area contributed by atoms with Crippen molar-refractivity contribution in [1.29, 1.82) is 0 Å². The van der Waals surface area contributed by atoms with Crippen LogP contribution in [0.25, 0.3) is 17.1 Å². The molecule has 0 aliphatic carbocycles. The van der Waals surface area contributed by atoms with Crippen molar-refractivity contribution in [2.24, 2.45) is 0 Å². The number of thiazole rings is 1. The molecule has 9 heteroatoms. The summed E-state index contributed by atoms with van der Waals surface area (Å²) in [5.74, 6) is 1.46. The van der Waals surface area contributed by atoms with Crippen LogP contribution in [0.3, 0.4) is 0 Å². The summed E-state index contributed by atoms with van der Waals surface area (Å²) < 4.78 is 9.39. The van der Waals surface area contributed by atoms with E-state index in [4.69, 9.17) is 14.8 Å². The van der Waals surface area contributed by atoms with Crippen molar-refractivity contribution in [2.75, 3.05) is 12.4 Å². The van der Waals surface area contributed by atoms with E-state index < -0.39 is 0 Å². The van der Waals surface area contributed by atoms with E-state index in [0.29, 0.717) is 5.88 Å². The van der Waals surface area contributed by atoms with Gasteiger partial charge in [0, 0.05) is 29.6 Å². The lowest BCUT2D eigenvalue weighted by Crippen LogP contribution is -2.12. The normalized spacial score (nSPS) is 11.7. The number of nitrogens with zero attached hydrogens (tertiary/aromatic N) is 6. The van der Waals surface area contributed by atoms with Crippen molar-refractivity contribution in [3.05, 3.63) is 47.5 Å². The molecule has 8 nitrogen and oxygen atoms in total. The molecular formula is C22H27N7OS. The molecule has 0 unspecified atom stereocenters. The monoisotopic (exact) mass is 437 g/mol. The van der Waals surface area contributed by atoms with Gasteiger partial charge in [0.1, 0.15) is 17.2 Å². The molecule has 0 aromatic carbocycles. The fourth-order valence-electron chi connectivity index (χ4n) is 3.16. The molecule has 0 radical (unpaired) electrons. The lowest BCUT2D eigenvalue weighted by atomic mass is 9.92. The van der Waals surface area contributed by atoms with Gasteiger partial charge in [0.15, 0.2) is 5.13 Å². The second-order valence-corrected chi connectivity index (χ2v) is 9.15. The number of anilines is 2. The molecule has 0 saturated carbocycles. The minimum Gasteiger partial charge on any atom is -0.479 e. The van der Waals surface area contributed by atoms with Crippen LogP contribution in [-0.2, 0) is 12.0 Å². The zero-order valence-corrected chi connectivity index (χ0v) is 19.5. The second kappa shape index (κ2) is 8.14. The van der Waals surface area contributed by atoms with Gasteiger partial charge in [0.25, 0.3) is 0 Å². The van der Waals surface area contributed by atoms with Gasteiger partial charge in [-0.15, -0.1) is 11.3 Å². The Morgan fingerprint density at radius 1 is 1.16 bits per heavy atom. The topological polar surface area (TPSA) is 82.7 Å². The minimum atomic E-state index is -0.0130. The van der Waals surface area contributed by atoms with Crippen molar-refractivity contribution in [1.82, 2.24) is 29.3 Å². The highest BCUT2D eigenvalue weighted by Gasteiger charge is 2.20.